The highest BCUT2D eigenvalue weighted by molar-refractivity contribution is 7.92. The molecule has 0 saturated carbocycles. The SMILES string of the molecule is O=S(=O)(/C=C/c1ccccc1)N1CCN(S(=O)(=O)c2ccc(F)c(F)c2F)CC1. The molecule has 11 heteroatoms. The van der Waals surface area contributed by atoms with Crippen molar-refractivity contribution >= 4 is 26.1 Å². The Bertz CT molecular complexity index is 1130. The lowest BCUT2D eigenvalue weighted by Crippen LogP contribution is -2.50. The van der Waals surface area contributed by atoms with Gasteiger partial charge >= 0.3 is 0 Å². The van der Waals surface area contributed by atoms with Gasteiger partial charge in [-0.3, -0.25) is 0 Å². The summed E-state index contributed by atoms with van der Waals surface area (Å²) in [7, 11) is -8.23. The molecule has 156 valence electrons. The number of hydrogen-bond donors (Lipinski definition) is 0. The number of sulfonamides is 2. The van der Waals surface area contributed by atoms with Crippen LogP contribution >= 0.6 is 0 Å². The topological polar surface area (TPSA) is 74.8 Å². The van der Waals surface area contributed by atoms with Crippen molar-refractivity contribution in [3.63, 3.8) is 0 Å². The zero-order chi connectivity index (χ0) is 21.2. The first-order chi connectivity index (χ1) is 13.6. The minimum atomic E-state index is -4.44. The van der Waals surface area contributed by atoms with E-state index in [1.54, 1.807) is 30.3 Å². The summed E-state index contributed by atoms with van der Waals surface area (Å²) in [4.78, 5) is -0.989. The molecule has 2 aromatic carbocycles. The molecule has 0 aliphatic carbocycles. The molecule has 6 nitrogen and oxygen atoms in total. The Hall–Kier alpha value is -2.21. The standard InChI is InChI=1S/C18H17F3N2O4S2/c19-15-6-7-16(18(21)17(15)20)29(26,27)23-11-9-22(10-12-23)28(24,25)13-8-14-4-2-1-3-5-14/h1-8,13H,9-12H2/b13-8+. The molecular formula is C18H17F3N2O4S2. The molecule has 29 heavy (non-hydrogen) atoms. The van der Waals surface area contributed by atoms with Crippen molar-refractivity contribution in [1.29, 1.82) is 0 Å². The molecule has 0 spiro atoms. The average molecular weight is 446 g/mol. The van der Waals surface area contributed by atoms with Crippen LogP contribution < -0.4 is 0 Å². The van der Waals surface area contributed by atoms with Gasteiger partial charge in [-0.1, -0.05) is 30.3 Å². The minimum Gasteiger partial charge on any atom is -0.208 e. The first-order valence-electron chi connectivity index (χ1n) is 8.50. The van der Waals surface area contributed by atoms with Crippen LogP contribution in [0.15, 0.2) is 52.8 Å². The Kier molecular flexibility index (Phi) is 6.13. The number of hydrogen-bond acceptors (Lipinski definition) is 4. The van der Waals surface area contributed by atoms with Crippen LogP contribution in [0.25, 0.3) is 6.08 Å². The van der Waals surface area contributed by atoms with E-state index in [2.05, 4.69) is 0 Å². The lowest BCUT2D eigenvalue weighted by atomic mass is 10.2. The Morgan fingerprint density at radius 3 is 1.97 bits per heavy atom. The van der Waals surface area contributed by atoms with Crippen molar-refractivity contribution in [3.8, 4) is 0 Å². The predicted octanol–water partition coefficient (Wildman–Crippen LogP) is 2.41. The summed E-state index contributed by atoms with van der Waals surface area (Å²) in [6.07, 6.45) is 1.43. The van der Waals surface area contributed by atoms with Crippen molar-refractivity contribution in [2.75, 3.05) is 26.2 Å². The number of rotatable bonds is 5. The van der Waals surface area contributed by atoms with Crippen molar-refractivity contribution in [3.05, 3.63) is 70.9 Å². The summed E-state index contributed by atoms with van der Waals surface area (Å²) in [5.41, 5.74) is 0.686. The van der Waals surface area contributed by atoms with Gasteiger partial charge in [0.1, 0.15) is 4.90 Å². The third-order valence-corrected chi connectivity index (χ3v) is 7.89. The highest BCUT2D eigenvalue weighted by Crippen LogP contribution is 2.24. The molecule has 0 unspecified atom stereocenters. The van der Waals surface area contributed by atoms with Gasteiger partial charge in [-0.05, 0) is 23.8 Å². The molecule has 0 amide bonds. The third kappa shape index (κ3) is 4.53. The van der Waals surface area contributed by atoms with E-state index in [4.69, 9.17) is 0 Å². The van der Waals surface area contributed by atoms with Gasteiger partial charge in [-0.15, -0.1) is 0 Å². The summed E-state index contributed by atoms with van der Waals surface area (Å²) in [6, 6.07) is 9.94. The quantitative estimate of drug-likeness (QED) is 0.662. The second-order valence-corrected chi connectivity index (χ2v) is 9.96. The number of nitrogens with zero attached hydrogens (tertiary/aromatic N) is 2. The van der Waals surface area contributed by atoms with Gasteiger partial charge in [0.15, 0.2) is 17.5 Å². The minimum absolute atomic E-state index is 0.161. The van der Waals surface area contributed by atoms with Gasteiger partial charge in [0.05, 0.1) is 0 Å². The fraction of sp³-hybridized carbons (Fsp3) is 0.222. The normalized spacial score (nSPS) is 17.1. The Morgan fingerprint density at radius 2 is 1.34 bits per heavy atom. The summed E-state index contributed by atoms with van der Waals surface area (Å²) in [5, 5.41) is 1.03. The van der Waals surface area contributed by atoms with Crippen LogP contribution in [0.4, 0.5) is 13.2 Å². The van der Waals surface area contributed by atoms with Crippen molar-refractivity contribution in [2.24, 2.45) is 0 Å². The van der Waals surface area contributed by atoms with E-state index < -0.39 is 42.4 Å². The Morgan fingerprint density at radius 1 is 0.759 bits per heavy atom. The van der Waals surface area contributed by atoms with Crippen LogP contribution in [0, 0.1) is 17.5 Å². The molecule has 1 aliphatic heterocycles. The van der Waals surface area contributed by atoms with Crippen LogP contribution in [0.2, 0.25) is 0 Å². The smallest absolute Gasteiger partial charge is 0.208 e. The van der Waals surface area contributed by atoms with Gasteiger partial charge in [-0.25, -0.2) is 30.0 Å². The third-order valence-electron chi connectivity index (χ3n) is 4.41. The fourth-order valence-electron chi connectivity index (χ4n) is 2.83. The maximum Gasteiger partial charge on any atom is 0.246 e. The fourth-order valence-corrected chi connectivity index (χ4v) is 5.48. The predicted molar refractivity (Wildman–Crippen MR) is 101 cm³/mol. The Balaban J connectivity index is 1.73. The lowest BCUT2D eigenvalue weighted by molar-refractivity contribution is 0.274. The molecule has 0 bridgehead atoms. The summed E-state index contributed by atoms with van der Waals surface area (Å²) >= 11 is 0. The first-order valence-corrected chi connectivity index (χ1v) is 11.4. The summed E-state index contributed by atoms with van der Waals surface area (Å²) in [5.74, 6) is -5.17. The van der Waals surface area contributed by atoms with E-state index in [0.29, 0.717) is 17.7 Å². The van der Waals surface area contributed by atoms with E-state index in [9.17, 15) is 30.0 Å². The van der Waals surface area contributed by atoms with Gasteiger partial charge < -0.3 is 0 Å². The van der Waals surface area contributed by atoms with E-state index in [1.807, 2.05) is 0 Å². The molecule has 0 aromatic heterocycles. The molecule has 0 N–H and O–H groups in total. The second kappa shape index (κ2) is 8.27. The van der Waals surface area contributed by atoms with E-state index >= 15 is 0 Å². The van der Waals surface area contributed by atoms with Crippen LogP contribution in [-0.2, 0) is 20.0 Å². The van der Waals surface area contributed by atoms with Crippen molar-refractivity contribution < 1.29 is 30.0 Å². The molecule has 2 aromatic rings. The zero-order valence-corrected chi connectivity index (χ0v) is 16.6. The average Bonchev–Trinajstić information content (AvgIpc) is 2.71. The summed E-state index contributed by atoms with van der Waals surface area (Å²) in [6.45, 7) is -0.823. The molecular weight excluding hydrogens is 429 g/mol. The van der Waals surface area contributed by atoms with Gasteiger partial charge in [0.2, 0.25) is 20.0 Å². The highest BCUT2D eigenvalue weighted by atomic mass is 32.2. The van der Waals surface area contributed by atoms with Gasteiger partial charge in [-0.2, -0.15) is 8.61 Å². The molecule has 1 saturated heterocycles. The van der Waals surface area contributed by atoms with Gasteiger partial charge in [0.25, 0.3) is 0 Å². The molecule has 1 heterocycles. The van der Waals surface area contributed by atoms with Crippen LogP contribution in [0.1, 0.15) is 5.56 Å². The molecule has 3 rings (SSSR count). The second-order valence-electron chi connectivity index (χ2n) is 6.23. The maximum absolute atomic E-state index is 13.9. The van der Waals surface area contributed by atoms with Crippen LogP contribution in [0.3, 0.4) is 0 Å². The monoisotopic (exact) mass is 446 g/mol. The number of benzene rings is 2. The molecule has 0 radical (unpaired) electrons. The van der Waals surface area contributed by atoms with Crippen LogP contribution in [0.5, 0.6) is 0 Å². The summed E-state index contributed by atoms with van der Waals surface area (Å²) < 4.78 is 92.3. The van der Waals surface area contributed by atoms with E-state index in [1.165, 1.54) is 6.08 Å². The van der Waals surface area contributed by atoms with Gasteiger partial charge in [0, 0.05) is 31.6 Å². The molecule has 1 fully saturated rings. The van der Waals surface area contributed by atoms with Crippen molar-refractivity contribution in [1.82, 2.24) is 8.61 Å². The molecule has 1 aliphatic rings. The molecule has 0 atom stereocenters. The zero-order valence-electron chi connectivity index (χ0n) is 15.0. The van der Waals surface area contributed by atoms with Crippen molar-refractivity contribution in [2.45, 2.75) is 4.90 Å². The van der Waals surface area contributed by atoms with E-state index in [0.717, 1.165) is 14.0 Å². The highest BCUT2D eigenvalue weighted by Gasteiger charge is 2.34. The first kappa shape index (κ1) is 21.5. The largest absolute Gasteiger partial charge is 0.246 e. The van der Waals surface area contributed by atoms with E-state index in [-0.39, 0.29) is 26.2 Å². The maximum atomic E-state index is 13.9. The number of piperazine rings is 1. The lowest BCUT2D eigenvalue weighted by Gasteiger charge is -2.32. The number of halogens is 3. The van der Waals surface area contributed by atoms with Crippen LogP contribution in [-0.4, -0.2) is 51.6 Å². The Labute approximate surface area is 167 Å².